The van der Waals surface area contributed by atoms with E-state index in [4.69, 9.17) is 0 Å². The SMILES string of the molecule is CC(C)c1ccc(-c2ccn3c(CC4CC4(F)F)nnc3c2)cc1. The number of rotatable bonds is 4. The van der Waals surface area contributed by atoms with Gasteiger partial charge in [-0.3, -0.25) is 4.40 Å². The molecule has 0 amide bonds. The molecule has 1 unspecified atom stereocenters. The van der Waals surface area contributed by atoms with E-state index in [9.17, 15) is 8.78 Å². The Morgan fingerprint density at radius 2 is 1.83 bits per heavy atom. The van der Waals surface area contributed by atoms with E-state index in [1.54, 1.807) is 4.40 Å². The van der Waals surface area contributed by atoms with Gasteiger partial charge in [-0.05, 0) is 34.7 Å². The Bertz CT molecular complexity index is 881. The van der Waals surface area contributed by atoms with Gasteiger partial charge in [-0.1, -0.05) is 38.1 Å². The monoisotopic (exact) mass is 327 g/mol. The summed E-state index contributed by atoms with van der Waals surface area (Å²) in [4.78, 5) is 0. The van der Waals surface area contributed by atoms with Crippen LogP contribution in [-0.4, -0.2) is 20.5 Å². The lowest BCUT2D eigenvalue weighted by Crippen LogP contribution is -2.01. The molecular weight excluding hydrogens is 308 g/mol. The number of benzene rings is 1. The minimum Gasteiger partial charge on any atom is -0.286 e. The first-order chi connectivity index (χ1) is 11.4. The summed E-state index contributed by atoms with van der Waals surface area (Å²) in [6, 6.07) is 12.4. The average Bonchev–Trinajstić information content (AvgIpc) is 2.98. The molecule has 2 aromatic heterocycles. The first-order valence-electron chi connectivity index (χ1n) is 8.26. The molecule has 0 saturated heterocycles. The van der Waals surface area contributed by atoms with Crippen molar-refractivity contribution in [2.45, 2.75) is 38.5 Å². The number of hydrogen-bond acceptors (Lipinski definition) is 2. The number of aromatic nitrogens is 3. The van der Waals surface area contributed by atoms with Crippen LogP contribution in [0.4, 0.5) is 8.78 Å². The minimum atomic E-state index is -2.52. The highest BCUT2D eigenvalue weighted by atomic mass is 19.3. The predicted molar refractivity (Wildman–Crippen MR) is 89.3 cm³/mol. The molecule has 3 aromatic rings. The van der Waals surface area contributed by atoms with Crippen molar-refractivity contribution >= 4 is 5.65 Å². The zero-order valence-electron chi connectivity index (χ0n) is 13.7. The van der Waals surface area contributed by atoms with E-state index < -0.39 is 11.8 Å². The molecule has 0 bridgehead atoms. The smallest absolute Gasteiger partial charge is 0.252 e. The zero-order chi connectivity index (χ0) is 16.9. The summed E-state index contributed by atoms with van der Waals surface area (Å²) >= 11 is 0. The molecule has 3 nitrogen and oxygen atoms in total. The summed E-state index contributed by atoms with van der Waals surface area (Å²) in [6.45, 7) is 4.34. The summed E-state index contributed by atoms with van der Waals surface area (Å²) in [5.41, 5.74) is 4.16. The number of fused-ring (bicyclic) bond motifs is 1. The van der Waals surface area contributed by atoms with E-state index in [-0.39, 0.29) is 12.8 Å². The molecule has 0 aliphatic heterocycles. The van der Waals surface area contributed by atoms with Crippen LogP contribution in [0.15, 0.2) is 42.6 Å². The van der Waals surface area contributed by atoms with Crippen LogP contribution in [0.2, 0.25) is 0 Å². The number of halogens is 2. The maximum absolute atomic E-state index is 13.1. The lowest BCUT2D eigenvalue weighted by atomic mass is 9.99. The summed E-state index contributed by atoms with van der Waals surface area (Å²) in [5, 5.41) is 8.24. The van der Waals surface area contributed by atoms with E-state index in [0.717, 1.165) is 11.1 Å². The van der Waals surface area contributed by atoms with Crippen LogP contribution in [0.3, 0.4) is 0 Å². The summed E-state index contributed by atoms with van der Waals surface area (Å²) in [6.07, 6.45) is 2.11. The molecule has 24 heavy (non-hydrogen) atoms. The van der Waals surface area contributed by atoms with Gasteiger partial charge in [0.15, 0.2) is 5.65 Å². The van der Waals surface area contributed by atoms with Gasteiger partial charge in [-0.15, -0.1) is 10.2 Å². The molecule has 1 aromatic carbocycles. The van der Waals surface area contributed by atoms with Crippen molar-refractivity contribution in [3.05, 3.63) is 54.0 Å². The number of pyridine rings is 1. The molecule has 1 fully saturated rings. The van der Waals surface area contributed by atoms with Crippen LogP contribution < -0.4 is 0 Å². The van der Waals surface area contributed by atoms with Crippen molar-refractivity contribution in [1.29, 1.82) is 0 Å². The van der Waals surface area contributed by atoms with Crippen LogP contribution >= 0.6 is 0 Å². The van der Waals surface area contributed by atoms with Gasteiger partial charge in [0.1, 0.15) is 5.82 Å². The Balaban J connectivity index is 1.62. The molecule has 1 aliphatic carbocycles. The molecule has 2 heterocycles. The highest BCUT2D eigenvalue weighted by Gasteiger charge is 2.56. The van der Waals surface area contributed by atoms with Gasteiger partial charge in [0.2, 0.25) is 0 Å². The maximum atomic E-state index is 13.1. The van der Waals surface area contributed by atoms with E-state index in [2.05, 4.69) is 48.3 Å². The highest BCUT2D eigenvalue weighted by molar-refractivity contribution is 5.67. The lowest BCUT2D eigenvalue weighted by Gasteiger charge is -2.07. The van der Waals surface area contributed by atoms with E-state index in [0.29, 0.717) is 17.4 Å². The lowest BCUT2D eigenvalue weighted by molar-refractivity contribution is 0.0984. The normalized spacial score (nSPS) is 19.1. The second-order valence-electron chi connectivity index (χ2n) is 6.90. The van der Waals surface area contributed by atoms with Crippen molar-refractivity contribution in [2.75, 3.05) is 0 Å². The van der Waals surface area contributed by atoms with Crippen molar-refractivity contribution < 1.29 is 8.78 Å². The third-order valence-electron chi connectivity index (χ3n) is 4.78. The van der Waals surface area contributed by atoms with Crippen LogP contribution in [0, 0.1) is 5.92 Å². The van der Waals surface area contributed by atoms with Crippen LogP contribution in [0.1, 0.15) is 37.6 Å². The zero-order valence-corrected chi connectivity index (χ0v) is 13.7. The van der Waals surface area contributed by atoms with E-state index in [1.165, 1.54) is 5.56 Å². The predicted octanol–water partition coefficient (Wildman–Crippen LogP) is 4.72. The average molecular weight is 327 g/mol. The number of hydrogen-bond donors (Lipinski definition) is 0. The largest absolute Gasteiger partial charge is 0.286 e. The molecule has 0 radical (unpaired) electrons. The second-order valence-corrected chi connectivity index (χ2v) is 6.90. The van der Waals surface area contributed by atoms with Gasteiger partial charge in [0, 0.05) is 25.0 Å². The fourth-order valence-electron chi connectivity index (χ4n) is 3.03. The Hall–Kier alpha value is -2.30. The van der Waals surface area contributed by atoms with Crippen LogP contribution in [-0.2, 0) is 6.42 Å². The number of nitrogens with zero attached hydrogens (tertiary/aromatic N) is 3. The van der Waals surface area contributed by atoms with Gasteiger partial charge >= 0.3 is 0 Å². The van der Waals surface area contributed by atoms with E-state index in [1.807, 2.05) is 18.3 Å². The molecule has 0 spiro atoms. The first-order valence-corrected chi connectivity index (χ1v) is 8.26. The maximum Gasteiger partial charge on any atom is 0.252 e. The standard InChI is InChI=1S/C19H19F2N3/c1-12(2)13-3-5-14(6-4-13)15-7-8-24-17(9-15)22-23-18(24)10-16-11-19(16,20)21/h3-9,12,16H,10-11H2,1-2H3. The highest BCUT2D eigenvalue weighted by Crippen LogP contribution is 2.50. The van der Waals surface area contributed by atoms with Crippen molar-refractivity contribution in [1.82, 2.24) is 14.6 Å². The quantitative estimate of drug-likeness (QED) is 0.694. The fraction of sp³-hybridized carbons (Fsp3) is 0.368. The third kappa shape index (κ3) is 2.68. The van der Waals surface area contributed by atoms with Gasteiger partial charge in [0.05, 0.1) is 0 Å². The minimum absolute atomic E-state index is 0.0395. The molecule has 4 rings (SSSR count). The van der Waals surface area contributed by atoms with Crippen molar-refractivity contribution in [3.8, 4) is 11.1 Å². The van der Waals surface area contributed by atoms with Gasteiger partial charge in [-0.2, -0.15) is 0 Å². The van der Waals surface area contributed by atoms with Gasteiger partial charge in [0.25, 0.3) is 5.92 Å². The number of alkyl halides is 2. The molecule has 1 atom stereocenters. The van der Waals surface area contributed by atoms with Crippen LogP contribution in [0.25, 0.3) is 16.8 Å². The van der Waals surface area contributed by atoms with Gasteiger partial charge in [-0.25, -0.2) is 8.78 Å². The molecule has 1 aliphatic rings. The Kier molecular flexibility index (Phi) is 3.41. The topological polar surface area (TPSA) is 30.2 Å². The molecule has 5 heteroatoms. The Labute approximate surface area is 139 Å². The second kappa shape index (κ2) is 5.36. The first kappa shape index (κ1) is 15.2. The summed E-state index contributed by atoms with van der Waals surface area (Å²) in [7, 11) is 0. The molecular formula is C19H19F2N3. The van der Waals surface area contributed by atoms with Crippen molar-refractivity contribution in [3.63, 3.8) is 0 Å². The van der Waals surface area contributed by atoms with Crippen molar-refractivity contribution in [2.24, 2.45) is 5.92 Å². The van der Waals surface area contributed by atoms with E-state index >= 15 is 0 Å². The van der Waals surface area contributed by atoms with Crippen LogP contribution in [0.5, 0.6) is 0 Å². The van der Waals surface area contributed by atoms with Gasteiger partial charge < -0.3 is 0 Å². The molecule has 1 saturated carbocycles. The Morgan fingerprint density at radius 3 is 2.46 bits per heavy atom. The Morgan fingerprint density at radius 1 is 1.12 bits per heavy atom. The summed E-state index contributed by atoms with van der Waals surface area (Å²) < 4.78 is 28.0. The molecule has 0 N–H and O–H groups in total. The fourth-order valence-corrected chi connectivity index (χ4v) is 3.03. The third-order valence-corrected chi connectivity index (χ3v) is 4.78. The summed E-state index contributed by atoms with van der Waals surface area (Å²) in [5.74, 6) is -2.01. The molecule has 124 valence electrons.